The number of aliphatic hydroxyl groups is 2. The molecule has 0 aromatic rings. The lowest BCUT2D eigenvalue weighted by atomic mass is 10.2. The van der Waals surface area contributed by atoms with Crippen molar-refractivity contribution in [2.24, 2.45) is 0 Å². The van der Waals surface area contributed by atoms with Crippen LogP contribution in [-0.2, 0) is 9.53 Å². The number of ether oxygens (including phenoxy) is 1. The molecule has 0 spiro atoms. The Morgan fingerprint density at radius 3 is 2.64 bits per heavy atom. The highest BCUT2D eigenvalue weighted by Crippen LogP contribution is 2.17. The van der Waals surface area contributed by atoms with Gasteiger partial charge < -0.3 is 14.9 Å². The third-order valence-electron chi connectivity index (χ3n) is 3.66. The van der Waals surface area contributed by atoms with Crippen LogP contribution in [0.4, 0.5) is 4.39 Å². The van der Waals surface area contributed by atoms with Crippen LogP contribution >= 0.6 is 0 Å². The zero-order chi connectivity index (χ0) is 19.1. The smallest absolute Gasteiger partial charge is 0.225 e. The second kappa shape index (κ2) is 9.52. The van der Waals surface area contributed by atoms with E-state index in [2.05, 4.69) is 12.1 Å². The van der Waals surface area contributed by atoms with Crippen LogP contribution in [-0.4, -0.2) is 70.7 Å². The van der Waals surface area contributed by atoms with Crippen LogP contribution in [0.15, 0.2) is 36.1 Å². The van der Waals surface area contributed by atoms with Crippen LogP contribution in [0.1, 0.15) is 20.3 Å². The van der Waals surface area contributed by atoms with Crippen molar-refractivity contribution in [3.63, 3.8) is 0 Å². The van der Waals surface area contributed by atoms with Crippen LogP contribution in [0.25, 0.3) is 0 Å². The molecule has 1 rings (SSSR count). The number of likely N-dealkylation sites (N-methyl/N-ethyl adjacent to an activating group) is 1. The Morgan fingerprint density at radius 2 is 2.20 bits per heavy atom. The van der Waals surface area contributed by atoms with Gasteiger partial charge in [-0.05, 0) is 12.5 Å². The Hall–Kier alpha value is -1.94. The number of hydrogen-bond donors (Lipinski definition) is 3. The topological polar surface area (TPSA) is 88.5 Å². The fraction of sp³-hybridized carbons (Fsp3) is 0.562. The monoisotopic (exact) mass is 358 g/mol. The van der Waals surface area contributed by atoms with Crippen molar-refractivity contribution >= 4 is 5.91 Å². The van der Waals surface area contributed by atoms with Gasteiger partial charge in [-0.1, -0.05) is 6.58 Å². The van der Waals surface area contributed by atoms with E-state index >= 15 is 0 Å². The normalized spacial score (nSPS) is 17.4. The summed E-state index contributed by atoms with van der Waals surface area (Å²) in [7, 11) is 3.11. The van der Waals surface area contributed by atoms with Crippen molar-refractivity contribution in [2.45, 2.75) is 32.6 Å². The second-order valence-corrected chi connectivity index (χ2v) is 5.85. The third-order valence-corrected chi connectivity index (χ3v) is 3.66. The van der Waals surface area contributed by atoms with Crippen molar-refractivity contribution < 1.29 is 24.1 Å². The SMILES string of the molecule is C=C(C)/C(F)=C\N(C(C)=O)C(CC(O)CN1C=C(CO)N(C)N1)OC. The largest absolute Gasteiger partial charge is 0.391 e. The van der Waals surface area contributed by atoms with Crippen molar-refractivity contribution in [1.29, 1.82) is 0 Å². The van der Waals surface area contributed by atoms with Crippen LogP contribution in [0.3, 0.4) is 0 Å². The molecule has 0 aromatic heterocycles. The number of allylic oxidation sites excluding steroid dienone is 2. The summed E-state index contributed by atoms with van der Waals surface area (Å²) in [6.07, 6.45) is 1.05. The Kier molecular flexibility index (Phi) is 8.04. The minimum absolute atomic E-state index is 0.0697. The summed E-state index contributed by atoms with van der Waals surface area (Å²) < 4.78 is 19.1. The maximum absolute atomic E-state index is 13.8. The molecular weight excluding hydrogens is 331 g/mol. The number of nitrogens with zero attached hydrogens (tertiary/aromatic N) is 3. The van der Waals surface area contributed by atoms with Crippen molar-refractivity contribution in [2.75, 3.05) is 27.3 Å². The molecule has 0 aliphatic carbocycles. The third kappa shape index (κ3) is 6.13. The number of nitrogens with one attached hydrogen (secondary N) is 1. The van der Waals surface area contributed by atoms with Gasteiger partial charge in [0.15, 0.2) is 0 Å². The molecule has 0 saturated heterocycles. The quantitative estimate of drug-likeness (QED) is 0.407. The number of halogens is 1. The molecule has 2 atom stereocenters. The summed E-state index contributed by atoms with van der Waals surface area (Å²) in [5.41, 5.74) is 3.76. The number of methoxy groups -OCH3 is 1. The Morgan fingerprint density at radius 1 is 1.56 bits per heavy atom. The average Bonchev–Trinajstić information content (AvgIpc) is 2.89. The first-order valence-corrected chi connectivity index (χ1v) is 7.80. The van der Waals surface area contributed by atoms with E-state index < -0.39 is 24.1 Å². The molecule has 9 heteroatoms. The lowest BCUT2D eigenvalue weighted by molar-refractivity contribution is -0.138. The summed E-state index contributed by atoms with van der Waals surface area (Å²) in [5, 5.41) is 22.7. The fourth-order valence-corrected chi connectivity index (χ4v) is 2.26. The van der Waals surface area contributed by atoms with E-state index in [1.807, 2.05) is 0 Å². The van der Waals surface area contributed by atoms with E-state index in [-0.39, 0.29) is 25.1 Å². The summed E-state index contributed by atoms with van der Waals surface area (Å²) in [5.74, 6) is -1.05. The van der Waals surface area contributed by atoms with Crippen molar-refractivity contribution in [3.05, 3.63) is 36.1 Å². The summed E-state index contributed by atoms with van der Waals surface area (Å²) in [6.45, 7) is 6.31. The predicted molar refractivity (Wildman–Crippen MR) is 90.7 cm³/mol. The molecule has 3 N–H and O–H groups in total. The number of aliphatic hydroxyl groups excluding tert-OH is 2. The molecule has 1 heterocycles. The van der Waals surface area contributed by atoms with Crippen LogP contribution in [0.2, 0.25) is 0 Å². The first-order chi connectivity index (χ1) is 11.7. The van der Waals surface area contributed by atoms with Gasteiger partial charge in [-0.3, -0.25) is 19.7 Å². The zero-order valence-corrected chi connectivity index (χ0v) is 15.1. The number of hydrogen-bond acceptors (Lipinski definition) is 7. The molecule has 25 heavy (non-hydrogen) atoms. The van der Waals surface area contributed by atoms with Crippen LogP contribution in [0.5, 0.6) is 0 Å². The minimum Gasteiger partial charge on any atom is -0.391 e. The molecule has 0 radical (unpaired) electrons. The van der Waals surface area contributed by atoms with E-state index in [9.17, 15) is 19.4 Å². The highest BCUT2D eigenvalue weighted by molar-refractivity contribution is 5.74. The predicted octanol–water partition coefficient (Wildman–Crippen LogP) is 0.446. The lowest BCUT2D eigenvalue weighted by Crippen LogP contribution is -2.44. The second-order valence-electron chi connectivity index (χ2n) is 5.85. The molecule has 142 valence electrons. The van der Waals surface area contributed by atoms with Crippen molar-refractivity contribution in [1.82, 2.24) is 20.5 Å². The van der Waals surface area contributed by atoms with Gasteiger partial charge >= 0.3 is 0 Å². The maximum Gasteiger partial charge on any atom is 0.225 e. The van der Waals surface area contributed by atoms with E-state index in [1.54, 1.807) is 23.3 Å². The Bertz CT molecular complexity index is 552. The van der Waals surface area contributed by atoms with Gasteiger partial charge in [-0.15, -0.1) is 5.53 Å². The van der Waals surface area contributed by atoms with Gasteiger partial charge in [0, 0.05) is 39.9 Å². The molecular formula is C16H27FN4O4. The molecule has 0 bridgehead atoms. The van der Waals surface area contributed by atoms with E-state index in [1.165, 1.54) is 21.0 Å². The lowest BCUT2D eigenvalue weighted by Gasteiger charge is -2.30. The molecule has 2 unspecified atom stereocenters. The van der Waals surface area contributed by atoms with Crippen LogP contribution in [0, 0.1) is 0 Å². The minimum atomic E-state index is -0.872. The molecule has 0 aromatic carbocycles. The van der Waals surface area contributed by atoms with E-state index in [0.717, 1.165) is 11.1 Å². The molecule has 1 amide bonds. The van der Waals surface area contributed by atoms with Gasteiger partial charge in [-0.2, -0.15) is 0 Å². The molecule has 0 fully saturated rings. The molecule has 0 saturated carbocycles. The van der Waals surface area contributed by atoms with E-state index in [0.29, 0.717) is 5.70 Å². The maximum atomic E-state index is 13.8. The summed E-state index contributed by atoms with van der Waals surface area (Å²) >= 11 is 0. The molecule has 1 aliphatic heterocycles. The van der Waals surface area contributed by atoms with Gasteiger partial charge in [-0.25, -0.2) is 4.39 Å². The highest BCUT2D eigenvalue weighted by Gasteiger charge is 2.25. The number of hydrazine groups is 2. The first kappa shape index (κ1) is 21.1. The van der Waals surface area contributed by atoms with Gasteiger partial charge in [0.05, 0.1) is 25.0 Å². The van der Waals surface area contributed by atoms with Crippen molar-refractivity contribution in [3.8, 4) is 0 Å². The number of carbonyl (C=O) groups excluding carboxylic acids is 1. The molecule has 1 aliphatic rings. The van der Waals surface area contributed by atoms with Gasteiger partial charge in [0.1, 0.15) is 12.1 Å². The first-order valence-electron chi connectivity index (χ1n) is 7.80. The standard InChI is InChI=1S/C16H27FN4O4/c1-11(2)15(17)9-21(12(3)23)16(25-5)6-14(24)8-20-7-13(10-22)19(4)18-20/h7,9,14,16,18,22,24H,1,6,8,10H2,2-5H3/b15-9+. The number of carbonyl (C=O) groups is 1. The fourth-order valence-electron chi connectivity index (χ4n) is 2.26. The highest BCUT2D eigenvalue weighted by atomic mass is 19.1. The summed E-state index contributed by atoms with van der Waals surface area (Å²) in [6, 6.07) is 0. The van der Waals surface area contributed by atoms with E-state index in [4.69, 9.17) is 4.74 Å². The van der Waals surface area contributed by atoms with Gasteiger partial charge in [0.25, 0.3) is 0 Å². The number of rotatable bonds is 9. The van der Waals surface area contributed by atoms with Crippen LogP contribution < -0.4 is 5.53 Å². The molecule has 8 nitrogen and oxygen atoms in total. The Balaban J connectivity index is 2.75. The summed E-state index contributed by atoms with van der Waals surface area (Å²) in [4.78, 5) is 12.9. The number of β-amino-alcohol motifs (C(OH)–C–C–N with tert-alkyl or cyclic N) is 1. The average molecular weight is 358 g/mol. The zero-order valence-electron chi connectivity index (χ0n) is 15.1. The van der Waals surface area contributed by atoms with Gasteiger partial charge in [0.2, 0.25) is 5.91 Å². The number of amides is 1. The Labute approximate surface area is 147 Å².